The van der Waals surface area contributed by atoms with Crippen molar-refractivity contribution in [2.24, 2.45) is 0 Å². The Morgan fingerprint density at radius 1 is 1.14 bits per heavy atom. The smallest absolute Gasteiger partial charge is 0.416 e. The quantitative estimate of drug-likeness (QED) is 0.201. The maximum absolute atomic E-state index is 12.8. The fourth-order valence-corrected chi connectivity index (χ4v) is 3.01. The summed E-state index contributed by atoms with van der Waals surface area (Å²) in [6, 6.07) is 5.47. The van der Waals surface area contributed by atoms with Gasteiger partial charge in [0.1, 0.15) is 17.8 Å². The van der Waals surface area contributed by atoms with Gasteiger partial charge >= 0.3 is 11.9 Å². The normalized spacial score (nSPS) is 11.8. The molecule has 2 aromatic rings. The van der Waals surface area contributed by atoms with Crippen LogP contribution >= 0.6 is 20.2 Å². The molecule has 0 saturated carbocycles. The number of benzene rings is 2. The Kier molecular flexibility index (Phi) is 7.49. The second-order valence-corrected chi connectivity index (χ2v) is 7.58. The van der Waals surface area contributed by atoms with E-state index in [1.165, 1.54) is 12.1 Å². The fourth-order valence-electron chi connectivity index (χ4n) is 2.33. The molecule has 0 radical (unpaired) electrons. The van der Waals surface area contributed by atoms with Gasteiger partial charge in [-0.15, -0.1) is 0 Å². The first-order valence-electron chi connectivity index (χ1n) is 8.36. The Hall–Kier alpha value is -2.05. The van der Waals surface area contributed by atoms with Crippen LogP contribution in [0.3, 0.4) is 0 Å². The maximum Gasteiger partial charge on any atom is 0.416 e. The number of nitrogens with zero attached hydrogens (tertiary/aromatic N) is 1. The number of ether oxygens (including phenoxy) is 2. The zero-order chi connectivity index (χ0) is 20.9. The molecule has 10 heteroatoms. The standard InChI is InChI=1S/C18H18ClF3NO4P/c1-3-11-7-14(23(24)25)17(26-10-28-4-2)9-16(11)27-15-6-5-12(8-13(15)19)18(20,21)22/h5-9,28H,3-4,10H2,1-2H3. The van der Waals surface area contributed by atoms with Crippen molar-refractivity contribution in [3.05, 3.63) is 56.6 Å². The third-order valence-electron chi connectivity index (χ3n) is 3.78. The second-order valence-electron chi connectivity index (χ2n) is 5.68. The van der Waals surface area contributed by atoms with Crippen molar-refractivity contribution in [1.29, 1.82) is 0 Å². The molecule has 2 rings (SSSR count). The van der Waals surface area contributed by atoms with Crippen LogP contribution in [0.4, 0.5) is 18.9 Å². The monoisotopic (exact) mass is 435 g/mol. The van der Waals surface area contributed by atoms with Crippen molar-refractivity contribution in [2.75, 3.05) is 12.5 Å². The minimum absolute atomic E-state index is 0.0135. The van der Waals surface area contributed by atoms with Crippen molar-refractivity contribution < 1.29 is 27.6 Å². The Morgan fingerprint density at radius 3 is 2.39 bits per heavy atom. The lowest BCUT2D eigenvalue weighted by atomic mass is 10.1. The van der Waals surface area contributed by atoms with E-state index in [0.29, 0.717) is 26.9 Å². The summed E-state index contributed by atoms with van der Waals surface area (Å²) >= 11 is 5.94. The van der Waals surface area contributed by atoms with Crippen LogP contribution in [0.2, 0.25) is 5.02 Å². The Morgan fingerprint density at radius 2 is 1.86 bits per heavy atom. The van der Waals surface area contributed by atoms with Gasteiger partial charge in [0.15, 0.2) is 0 Å². The Labute approximate surface area is 166 Å². The van der Waals surface area contributed by atoms with Crippen molar-refractivity contribution in [1.82, 2.24) is 0 Å². The first-order chi connectivity index (χ1) is 13.2. The van der Waals surface area contributed by atoms with Gasteiger partial charge in [0, 0.05) is 17.7 Å². The third kappa shape index (κ3) is 5.49. The van der Waals surface area contributed by atoms with Crippen LogP contribution in [-0.4, -0.2) is 17.4 Å². The van der Waals surface area contributed by atoms with Crippen LogP contribution in [-0.2, 0) is 12.6 Å². The van der Waals surface area contributed by atoms with Gasteiger partial charge in [-0.3, -0.25) is 10.1 Å². The number of hydrogen-bond donors (Lipinski definition) is 0. The molecule has 0 bridgehead atoms. The number of nitro groups is 1. The van der Waals surface area contributed by atoms with Gasteiger partial charge in [-0.05, 0) is 30.8 Å². The number of alkyl halides is 3. The van der Waals surface area contributed by atoms with Crippen LogP contribution in [0.1, 0.15) is 25.0 Å². The molecule has 0 saturated heterocycles. The van der Waals surface area contributed by atoms with E-state index in [9.17, 15) is 23.3 Å². The summed E-state index contributed by atoms with van der Waals surface area (Å²) in [6.07, 6.45) is -2.91. The van der Waals surface area contributed by atoms with Crippen molar-refractivity contribution >= 4 is 25.9 Å². The highest BCUT2D eigenvalue weighted by molar-refractivity contribution is 7.37. The molecule has 0 N–H and O–H groups in total. The molecule has 0 aromatic heterocycles. The van der Waals surface area contributed by atoms with Crippen LogP contribution in [0.25, 0.3) is 0 Å². The first-order valence-corrected chi connectivity index (χ1v) is 10.2. The fraction of sp³-hybridized carbons (Fsp3) is 0.333. The van der Waals surface area contributed by atoms with Crippen LogP contribution < -0.4 is 9.47 Å². The van der Waals surface area contributed by atoms with Gasteiger partial charge < -0.3 is 9.47 Å². The molecule has 0 aliphatic carbocycles. The maximum atomic E-state index is 12.8. The molecule has 1 unspecified atom stereocenters. The summed E-state index contributed by atoms with van der Waals surface area (Å²) in [5, 5.41) is 11.1. The number of halogens is 4. The number of aryl methyl sites for hydroxylation is 1. The van der Waals surface area contributed by atoms with Crippen molar-refractivity contribution in [3.63, 3.8) is 0 Å². The van der Waals surface area contributed by atoms with E-state index in [0.717, 1.165) is 24.4 Å². The summed E-state index contributed by atoms with van der Waals surface area (Å²) in [5.41, 5.74) is -0.578. The van der Waals surface area contributed by atoms with Crippen molar-refractivity contribution in [2.45, 2.75) is 26.4 Å². The van der Waals surface area contributed by atoms with Gasteiger partial charge in [0.25, 0.3) is 0 Å². The van der Waals surface area contributed by atoms with Gasteiger partial charge in [0.2, 0.25) is 5.75 Å². The molecule has 0 fully saturated rings. The molecule has 1 atom stereocenters. The molecule has 0 amide bonds. The van der Waals surface area contributed by atoms with Crippen LogP contribution in [0.5, 0.6) is 17.2 Å². The van der Waals surface area contributed by atoms with Gasteiger partial charge in [-0.1, -0.05) is 34.0 Å². The molecular formula is C18H18ClF3NO4P. The summed E-state index contributed by atoms with van der Waals surface area (Å²) in [5.74, 6) is 0.297. The number of hydrogen-bond acceptors (Lipinski definition) is 4. The summed E-state index contributed by atoms with van der Waals surface area (Å²) < 4.78 is 49.6. The molecule has 5 nitrogen and oxygen atoms in total. The molecule has 2 aromatic carbocycles. The van der Waals surface area contributed by atoms with E-state index in [-0.39, 0.29) is 28.0 Å². The molecule has 0 aliphatic rings. The highest BCUT2D eigenvalue weighted by Crippen LogP contribution is 2.40. The molecule has 0 heterocycles. The van der Waals surface area contributed by atoms with Crippen LogP contribution in [0, 0.1) is 10.1 Å². The molecular weight excluding hydrogens is 418 g/mol. The Bertz CT molecular complexity index is 861. The topological polar surface area (TPSA) is 61.6 Å². The van der Waals surface area contributed by atoms with E-state index in [1.54, 1.807) is 6.92 Å². The minimum Gasteiger partial charge on any atom is -0.482 e. The zero-order valence-electron chi connectivity index (χ0n) is 15.1. The third-order valence-corrected chi connectivity index (χ3v) is 4.92. The first kappa shape index (κ1) is 22.2. The lowest BCUT2D eigenvalue weighted by Crippen LogP contribution is -2.05. The largest absolute Gasteiger partial charge is 0.482 e. The van der Waals surface area contributed by atoms with E-state index >= 15 is 0 Å². The van der Waals surface area contributed by atoms with E-state index < -0.39 is 16.7 Å². The lowest BCUT2D eigenvalue weighted by molar-refractivity contribution is -0.385. The zero-order valence-corrected chi connectivity index (χ0v) is 16.9. The molecule has 28 heavy (non-hydrogen) atoms. The highest BCUT2D eigenvalue weighted by atomic mass is 35.5. The van der Waals surface area contributed by atoms with E-state index in [4.69, 9.17) is 21.1 Å². The average Bonchev–Trinajstić information content (AvgIpc) is 2.62. The number of rotatable bonds is 8. The number of nitro benzene ring substituents is 1. The second kappa shape index (κ2) is 9.43. The van der Waals surface area contributed by atoms with Gasteiger partial charge in [0.05, 0.1) is 15.5 Å². The highest BCUT2D eigenvalue weighted by Gasteiger charge is 2.31. The van der Waals surface area contributed by atoms with Gasteiger partial charge in [-0.25, -0.2) is 0 Å². The van der Waals surface area contributed by atoms with Crippen LogP contribution in [0.15, 0.2) is 30.3 Å². The van der Waals surface area contributed by atoms with Gasteiger partial charge in [-0.2, -0.15) is 13.2 Å². The summed E-state index contributed by atoms with van der Waals surface area (Å²) in [4.78, 5) is 10.8. The van der Waals surface area contributed by atoms with Crippen molar-refractivity contribution in [3.8, 4) is 17.2 Å². The van der Waals surface area contributed by atoms with E-state index in [2.05, 4.69) is 0 Å². The SMILES string of the molecule is CCPCOc1cc(Oc2ccc(C(F)(F)F)cc2Cl)c(CC)cc1[N+](=O)[O-]. The average molecular weight is 436 g/mol. The summed E-state index contributed by atoms with van der Waals surface area (Å²) in [6.45, 7) is 3.75. The minimum atomic E-state index is -4.52. The molecule has 0 spiro atoms. The van der Waals surface area contributed by atoms with E-state index in [1.807, 2.05) is 6.92 Å². The summed E-state index contributed by atoms with van der Waals surface area (Å²) in [7, 11) is 0.476. The molecule has 152 valence electrons. The predicted molar refractivity (Wildman–Crippen MR) is 103 cm³/mol. The molecule has 0 aliphatic heterocycles. The Balaban J connectivity index is 2.41. The predicted octanol–water partition coefficient (Wildman–Crippen LogP) is 6.66. The lowest BCUT2D eigenvalue weighted by Gasteiger charge is -2.15.